The van der Waals surface area contributed by atoms with E-state index in [1.807, 2.05) is 12.1 Å². The summed E-state index contributed by atoms with van der Waals surface area (Å²) in [6, 6.07) is 7.37. The second kappa shape index (κ2) is 4.66. The van der Waals surface area contributed by atoms with Crippen molar-refractivity contribution in [1.82, 2.24) is 0 Å². The number of nitrogens with zero attached hydrogens (tertiary/aromatic N) is 1. The van der Waals surface area contributed by atoms with Gasteiger partial charge in [0.05, 0.1) is 11.4 Å². The molecule has 2 rings (SSSR count). The van der Waals surface area contributed by atoms with Crippen LogP contribution in [0.3, 0.4) is 0 Å². The van der Waals surface area contributed by atoms with Gasteiger partial charge in [-0.2, -0.15) is 0 Å². The highest BCUT2D eigenvalue weighted by Crippen LogP contribution is 2.36. The van der Waals surface area contributed by atoms with Gasteiger partial charge in [-0.1, -0.05) is 22.9 Å². The Balaban J connectivity index is 2.37. The smallest absolute Gasteiger partial charge is 0.0616 e. The molecule has 0 aromatic heterocycles. The minimum absolute atomic E-state index is 0.599. The van der Waals surface area contributed by atoms with Gasteiger partial charge in [0.2, 0.25) is 0 Å². The van der Waals surface area contributed by atoms with Gasteiger partial charge in [0, 0.05) is 16.6 Å². The molecule has 16 heavy (non-hydrogen) atoms. The summed E-state index contributed by atoms with van der Waals surface area (Å²) in [4.78, 5) is 2.49. The molecule has 0 spiro atoms. The molecule has 3 heteroatoms. The summed E-state index contributed by atoms with van der Waals surface area (Å²) in [7, 11) is 0. The molecule has 1 aliphatic heterocycles. The van der Waals surface area contributed by atoms with Crippen molar-refractivity contribution in [2.24, 2.45) is 0 Å². The van der Waals surface area contributed by atoms with Gasteiger partial charge in [-0.15, -0.1) is 0 Å². The van der Waals surface area contributed by atoms with Crippen molar-refractivity contribution >= 4 is 27.3 Å². The SMILES string of the molecule is CCC1CCC(C)N1c1cc(Br)ccc1N. The molecule has 0 saturated carbocycles. The highest BCUT2D eigenvalue weighted by molar-refractivity contribution is 9.10. The van der Waals surface area contributed by atoms with Gasteiger partial charge in [-0.05, 0) is 44.4 Å². The van der Waals surface area contributed by atoms with Crippen molar-refractivity contribution in [2.75, 3.05) is 10.6 Å². The summed E-state index contributed by atoms with van der Waals surface area (Å²) in [6.07, 6.45) is 3.74. The van der Waals surface area contributed by atoms with E-state index in [1.165, 1.54) is 24.9 Å². The van der Waals surface area contributed by atoms with Crippen LogP contribution in [0, 0.1) is 0 Å². The number of hydrogen-bond donors (Lipinski definition) is 1. The molecule has 0 aliphatic carbocycles. The molecule has 0 radical (unpaired) electrons. The molecule has 1 heterocycles. The topological polar surface area (TPSA) is 29.3 Å². The average Bonchev–Trinajstić information content (AvgIpc) is 2.63. The molecule has 1 fully saturated rings. The standard InChI is InChI=1S/C13H19BrN2/c1-3-11-6-4-9(2)16(11)13-8-10(14)5-7-12(13)15/h5,7-9,11H,3-4,6,15H2,1-2H3. The monoisotopic (exact) mass is 282 g/mol. The fourth-order valence-electron chi connectivity index (χ4n) is 2.65. The average molecular weight is 283 g/mol. The lowest BCUT2D eigenvalue weighted by Crippen LogP contribution is -2.34. The zero-order valence-corrected chi connectivity index (χ0v) is 11.5. The van der Waals surface area contributed by atoms with Crippen LogP contribution < -0.4 is 10.6 Å². The van der Waals surface area contributed by atoms with Crippen molar-refractivity contribution in [3.05, 3.63) is 22.7 Å². The largest absolute Gasteiger partial charge is 0.397 e. The van der Waals surface area contributed by atoms with Crippen LogP contribution in [0.15, 0.2) is 22.7 Å². The van der Waals surface area contributed by atoms with Crippen LogP contribution in [0.4, 0.5) is 11.4 Å². The Morgan fingerprint density at radius 2 is 2.19 bits per heavy atom. The van der Waals surface area contributed by atoms with Crippen LogP contribution in [0.5, 0.6) is 0 Å². The van der Waals surface area contributed by atoms with E-state index >= 15 is 0 Å². The highest BCUT2D eigenvalue weighted by Gasteiger charge is 2.30. The zero-order chi connectivity index (χ0) is 11.7. The quantitative estimate of drug-likeness (QED) is 0.836. The van der Waals surface area contributed by atoms with Crippen LogP contribution >= 0.6 is 15.9 Å². The fourth-order valence-corrected chi connectivity index (χ4v) is 3.00. The lowest BCUT2D eigenvalue weighted by molar-refractivity contribution is 0.628. The van der Waals surface area contributed by atoms with E-state index in [0.29, 0.717) is 12.1 Å². The molecule has 2 unspecified atom stereocenters. The Hall–Kier alpha value is -0.700. The third-order valence-corrected chi connectivity index (χ3v) is 4.02. The van der Waals surface area contributed by atoms with Crippen LogP contribution in [0.2, 0.25) is 0 Å². The molecular weight excluding hydrogens is 264 g/mol. The first-order valence-corrected chi connectivity index (χ1v) is 6.76. The summed E-state index contributed by atoms with van der Waals surface area (Å²) in [5.41, 5.74) is 8.16. The first kappa shape index (κ1) is 11.8. The van der Waals surface area contributed by atoms with E-state index in [1.54, 1.807) is 0 Å². The maximum atomic E-state index is 6.09. The number of hydrogen-bond acceptors (Lipinski definition) is 2. The first-order chi connectivity index (χ1) is 7.63. The van der Waals surface area contributed by atoms with E-state index in [4.69, 9.17) is 5.73 Å². The summed E-state index contributed by atoms with van der Waals surface area (Å²) < 4.78 is 1.10. The number of benzene rings is 1. The Labute approximate surface area is 106 Å². The molecule has 0 bridgehead atoms. The number of halogens is 1. The van der Waals surface area contributed by atoms with Crippen molar-refractivity contribution < 1.29 is 0 Å². The Kier molecular flexibility index (Phi) is 3.43. The third kappa shape index (κ3) is 2.05. The van der Waals surface area contributed by atoms with Crippen LogP contribution in [-0.2, 0) is 0 Å². The minimum Gasteiger partial charge on any atom is -0.397 e. The Morgan fingerprint density at radius 1 is 1.44 bits per heavy atom. The van der Waals surface area contributed by atoms with E-state index < -0.39 is 0 Å². The summed E-state index contributed by atoms with van der Waals surface area (Å²) >= 11 is 3.52. The zero-order valence-electron chi connectivity index (χ0n) is 9.91. The second-order valence-electron chi connectivity index (χ2n) is 4.60. The molecular formula is C13H19BrN2. The molecule has 1 saturated heterocycles. The van der Waals surface area contributed by atoms with Gasteiger partial charge in [-0.25, -0.2) is 0 Å². The normalized spacial score (nSPS) is 25.1. The summed E-state index contributed by atoms with van der Waals surface area (Å²) in [6.45, 7) is 4.54. The molecule has 2 N–H and O–H groups in total. The van der Waals surface area contributed by atoms with Crippen molar-refractivity contribution in [3.63, 3.8) is 0 Å². The number of rotatable bonds is 2. The van der Waals surface area contributed by atoms with Crippen molar-refractivity contribution in [3.8, 4) is 0 Å². The number of nitrogen functional groups attached to an aromatic ring is 1. The van der Waals surface area contributed by atoms with Crippen LogP contribution in [0.25, 0.3) is 0 Å². The van der Waals surface area contributed by atoms with E-state index in [2.05, 4.69) is 40.7 Å². The second-order valence-corrected chi connectivity index (χ2v) is 5.51. The van der Waals surface area contributed by atoms with Crippen molar-refractivity contribution in [1.29, 1.82) is 0 Å². The highest BCUT2D eigenvalue weighted by atomic mass is 79.9. The first-order valence-electron chi connectivity index (χ1n) is 5.96. The summed E-state index contributed by atoms with van der Waals surface area (Å²) in [5, 5.41) is 0. The van der Waals surface area contributed by atoms with Gasteiger partial charge < -0.3 is 10.6 Å². The van der Waals surface area contributed by atoms with Crippen LogP contribution in [0.1, 0.15) is 33.1 Å². The molecule has 2 nitrogen and oxygen atoms in total. The third-order valence-electron chi connectivity index (χ3n) is 3.53. The molecule has 1 aromatic carbocycles. The molecule has 0 amide bonds. The molecule has 1 aliphatic rings. The van der Waals surface area contributed by atoms with Crippen molar-refractivity contribution in [2.45, 2.75) is 45.2 Å². The predicted octanol–water partition coefficient (Wildman–Crippen LogP) is 3.80. The maximum absolute atomic E-state index is 6.09. The molecule has 2 atom stereocenters. The minimum atomic E-state index is 0.599. The van der Waals surface area contributed by atoms with Gasteiger partial charge in [0.25, 0.3) is 0 Å². The Morgan fingerprint density at radius 3 is 2.88 bits per heavy atom. The van der Waals surface area contributed by atoms with Gasteiger partial charge in [0.15, 0.2) is 0 Å². The predicted molar refractivity (Wildman–Crippen MR) is 73.8 cm³/mol. The lowest BCUT2D eigenvalue weighted by atomic mass is 10.1. The fraction of sp³-hybridized carbons (Fsp3) is 0.538. The maximum Gasteiger partial charge on any atom is 0.0616 e. The summed E-state index contributed by atoms with van der Waals surface area (Å²) in [5.74, 6) is 0. The van der Waals surface area contributed by atoms with Gasteiger partial charge in [-0.3, -0.25) is 0 Å². The van der Waals surface area contributed by atoms with Crippen LogP contribution in [-0.4, -0.2) is 12.1 Å². The Bertz CT molecular complexity index is 378. The lowest BCUT2D eigenvalue weighted by Gasteiger charge is -2.31. The molecule has 88 valence electrons. The number of nitrogens with two attached hydrogens (primary N) is 1. The van der Waals surface area contributed by atoms with E-state index in [-0.39, 0.29) is 0 Å². The van der Waals surface area contributed by atoms with E-state index in [0.717, 1.165) is 10.2 Å². The number of anilines is 2. The molecule has 1 aromatic rings. The van der Waals surface area contributed by atoms with Gasteiger partial charge in [0.1, 0.15) is 0 Å². The van der Waals surface area contributed by atoms with E-state index in [9.17, 15) is 0 Å². The van der Waals surface area contributed by atoms with Gasteiger partial charge >= 0.3 is 0 Å².